The van der Waals surface area contributed by atoms with E-state index in [9.17, 15) is 0 Å². The lowest BCUT2D eigenvalue weighted by Crippen LogP contribution is -2.29. The maximum absolute atomic E-state index is 3.63. The molecule has 0 bridgehead atoms. The number of anilines is 1. The Bertz CT molecular complexity index is 339. The van der Waals surface area contributed by atoms with Crippen molar-refractivity contribution < 1.29 is 0 Å². The van der Waals surface area contributed by atoms with Gasteiger partial charge in [0.25, 0.3) is 0 Å². The Morgan fingerprint density at radius 2 is 2.07 bits per heavy atom. The third kappa shape index (κ3) is 1.92. The van der Waals surface area contributed by atoms with Crippen molar-refractivity contribution in [3.63, 3.8) is 0 Å². The molecule has 0 spiro atoms. The van der Waals surface area contributed by atoms with Crippen molar-refractivity contribution in [1.82, 2.24) is 0 Å². The zero-order chi connectivity index (χ0) is 10.2. The molecule has 76 valence electrons. The quantitative estimate of drug-likeness (QED) is 0.658. The van der Waals surface area contributed by atoms with E-state index in [-0.39, 0.29) is 5.54 Å². The summed E-state index contributed by atoms with van der Waals surface area (Å²) in [6.07, 6.45) is 3.75. The molecule has 0 saturated heterocycles. The molecule has 1 aromatic carbocycles. The topological polar surface area (TPSA) is 12.0 Å². The van der Waals surface area contributed by atoms with Gasteiger partial charge < -0.3 is 5.32 Å². The number of nitrogens with one attached hydrogen (secondary N) is 1. The number of fused-ring (bicyclic) bond motifs is 1. The summed E-state index contributed by atoms with van der Waals surface area (Å²) in [7, 11) is 0. The van der Waals surface area contributed by atoms with E-state index in [2.05, 4.69) is 44.3 Å². The second kappa shape index (κ2) is 3.30. The molecular weight excluding hydrogens is 170 g/mol. The van der Waals surface area contributed by atoms with E-state index in [1.54, 1.807) is 0 Å². The normalized spacial score (nSPS) is 19.4. The molecule has 0 radical (unpaired) electrons. The highest BCUT2D eigenvalue weighted by atomic mass is 15.0. The van der Waals surface area contributed by atoms with Crippen molar-refractivity contribution in [2.24, 2.45) is 0 Å². The summed E-state index contributed by atoms with van der Waals surface area (Å²) in [5.41, 5.74) is 4.43. The molecule has 14 heavy (non-hydrogen) atoms. The Morgan fingerprint density at radius 3 is 2.86 bits per heavy atom. The van der Waals surface area contributed by atoms with Crippen molar-refractivity contribution in [3.05, 3.63) is 29.3 Å². The van der Waals surface area contributed by atoms with Crippen molar-refractivity contribution in [2.75, 3.05) is 5.32 Å². The molecule has 0 atom stereocenters. The van der Waals surface area contributed by atoms with Crippen molar-refractivity contribution in [2.45, 2.75) is 45.6 Å². The first-order valence-corrected chi connectivity index (χ1v) is 5.45. The zero-order valence-electron chi connectivity index (χ0n) is 9.35. The average molecular weight is 189 g/mol. The highest BCUT2D eigenvalue weighted by molar-refractivity contribution is 5.55. The van der Waals surface area contributed by atoms with Gasteiger partial charge in [0.1, 0.15) is 0 Å². The summed E-state index contributed by atoms with van der Waals surface area (Å²) < 4.78 is 0. The van der Waals surface area contributed by atoms with E-state index < -0.39 is 0 Å². The minimum Gasteiger partial charge on any atom is -0.380 e. The summed E-state index contributed by atoms with van der Waals surface area (Å²) in [4.78, 5) is 0. The Hall–Kier alpha value is -0.980. The number of hydrogen-bond acceptors (Lipinski definition) is 1. The standard InChI is InChI=1S/C13H19N/c1-10-6-7-12-11(9-10)5-4-8-13(2,3)14-12/h6-7,9,14H,4-5,8H2,1-3H3. The summed E-state index contributed by atoms with van der Waals surface area (Å²) >= 11 is 0. The third-order valence-corrected chi connectivity index (χ3v) is 2.98. The highest BCUT2D eigenvalue weighted by Gasteiger charge is 2.21. The van der Waals surface area contributed by atoms with E-state index >= 15 is 0 Å². The molecule has 1 aliphatic heterocycles. The summed E-state index contributed by atoms with van der Waals surface area (Å²) in [5, 5.41) is 3.63. The predicted octanol–water partition coefficient (Wildman–Crippen LogP) is 3.52. The van der Waals surface area contributed by atoms with Crippen molar-refractivity contribution in [3.8, 4) is 0 Å². The fraction of sp³-hybridized carbons (Fsp3) is 0.538. The Balaban J connectivity index is 2.37. The van der Waals surface area contributed by atoms with Crippen LogP contribution >= 0.6 is 0 Å². The van der Waals surface area contributed by atoms with Gasteiger partial charge in [-0.3, -0.25) is 0 Å². The van der Waals surface area contributed by atoms with Gasteiger partial charge in [-0.15, -0.1) is 0 Å². The molecule has 0 amide bonds. The fourth-order valence-electron chi connectivity index (χ4n) is 2.20. The molecule has 1 nitrogen and oxygen atoms in total. The lowest BCUT2D eigenvalue weighted by molar-refractivity contribution is 0.508. The van der Waals surface area contributed by atoms with Gasteiger partial charge in [-0.2, -0.15) is 0 Å². The molecule has 0 unspecified atom stereocenters. The minimum absolute atomic E-state index is 0.251. The maximum Gasteiger partial charge on any atom is 0.0376 e. The number of hydrogen-bond donors (Lipinski definition) is 1. The Kier molecular flexibility index (Phi) is 2.26. The Labute approximate surface area is 86.5 Å². The molecule has 0 aliphatic carbocycles. The van der Waals surface area contributed by atoms with Gasteiger partial charge in [-0.05, 0) is 51.7 Å². The highest BCUT2D eigenvalue weighted by Crippen LogP contribution is 2.29. The number of aryl methyl sites for hydroxylation is 2. The fourth-order valence-corrected chi connectivity index (χ4v) is 2.20. The van der Waals surface area contributed by atoms with Gasteiger partial charge >= 0.3 is 0 Å². The van der Waals surface area contributed by atoms with E-state index in [1.165, 1.54) is 36.1 Å². The first-order valence-electron chi connectivity index (χ1n) is 5.45. The van der Waals surface area contributed by atoms with Gasteiger partial charge in [-0.1, -0.05) is 17.7 Å². The third-order valence-electron chi connectivity index (χ3n) is 2.98. The minimum atomic E-state index is 0.251. The van der Waals surface area contributed by atoms with E-state index in [4.69, 9.17) is 0 Å². The van der Waals surface area contributed by atoms with Crippen LogP contribution in [-0.2, 0) is 6.42 Å². The summed E-state index contributed by atoms with van der Waals surface area (Å²) in [5.74, 6) is 0. The van der Waals surface area contributed by atoms with Crippen molar-refractivity contribution in [1.29, 1.82) is 0 Å². The molecule has 1 aromatic rings. The maximum atomic E-state index is 3.63. The lowest BCUT2D eigenvalue weighted by Gasteiger charge is -2.25. The van der Waals surface area contributed by atoms with Gasteiger partial charge in [0.2, 0.25) is 0 Å². The smallest absolute Gasteiger partial charge is 0.0376 e. The van der Waals surface area contributed by atoms with Crippen molar-refractivity contribution >= 4 is 5.69 Å². The van der Waals surface area contributed by atoms with Crippen LogP contribution in [0.15, 0.2) is 18.2 Å². The average Bonchev–Trinajstić information content (AvgIpc) is 2.22. The van der Waals surface area contributed by atoms with Crippen LogP contribution in [0, 0.1) is 6.92 Å². The largest absolute Gasteiger partial charge is 0.380 e. The molecule has 0 fully saturated rings. The summed E-state index contributed by atoms with van der Waals surface area (Å²) in [6.45, 7) is 6.72. The van der Waals surface area contributed by atoms with Gasteiger partial charge in [0.15, 0.2) is 0 Å². The molecule has 0 aromatic heterocycles. The van der Waals surface area contributed by atoms with Crippen LogP contribution in [0.2, 0.25) is 0 Å². The summed E-state index contributed by atoms with van der Waals surface area (Å²) in [6, 6.07) is 6.72. The van der Waals surface area contributed by atoms with Gasteiger partial charge in [0, 0.05) is 11.2 Å². The van der Waals surface area contributed by atoms with Gasteiger partial charge in [0.05, 0.1) is 0 Å². The zero-order valence-corrected chi connectivity index (χ0v) is 9.35. The predicted molar refractivity (Wildman–Crippen MR) is 61.8 cm³/mol. The number of benzene rings is 1. The first-order chi connectivity index (χ1) is 6.57. The Morgan fingerprint density at radius 1 is 1.29 bits per heavy atom. The van der Waals surface area contributed by atoms with Crippen LogP contribution in [0.5, 0.6) is 0 Å². The molecule has 1 aliphatic rings. The van der Waals surface area contributed by atoms with Crippen LogP contribution < -0.4 is 5.32 Å². The van der Waals surface area contributed by atoms with Crippen LogP contribution in [0.25, 0.3) is 0 Å². The molecule has 1 heteroatoms. The second-order valence-corrected chi connectivity index (χ2v) is 5.02. The van der Waals surface area contributed by atoms with E-state index in [0.29, 0.717) is 0 Å². The molecule has 0 saturated carbocycles. The first kappa shape index (κ1) is 9.57. The second-order valence-electron chi connectivity index (χ2n) is 5.02. The molecular formula is C13H19N. The molecule has 2 rings (SSSR count). The van der Waals surface area contributed by atoms with E-state index in [0.717, 1.165) is 0 Å². The SMILES string of the molecule is Cc1ccc2c(c1)CCCC(C)(C)N2. The van der Waals surface area contributed by atoms with Crippen LogP contribution in [0.4, 0.5) is 5.69 Å². The monoisotopic (exact) mass is 189 g/mol. The van der Waals surface area contributed by atoms with Crippen LogP contribution in [0.3, 0.4) is 0 Å². The van der Waals surface area contributed by atoms with E-state index in [1.807, 2.05) is 0 Å². The molecule has 1 heterocycles. The number of rotatable bonds is 0. The van der Waals surface area contributed by atoms with Crippen LogP contribution in [0.1, 0.15) is 37.8 Å². The van der Waals surface area contributed by atoms with Crippen LogP contribution in [-0.4, -0.2) is 5.54 Å². The van der Waals surface area contributed by atoms with Gasteiger partial charge in [-0.25, -0.2) is 0 Å². The lowest BCUT2D eigenvalue weighted by atomic mass is 9.98. The molecule has 1 N–H and O–H groups in total.